The van der Waals surface area contributed by atoms with Gasteiger partial charge in [0.2, 0.25) is 11.7 Å². The molecule has 0 atom stereocenters. The van der Waals surface area contributed by atoms with E-state index in [9.17, 15) is 18.0 Å². The Morgan fingerprint density at radius 1 is 1.20 bits per heavy atom. The zero-order valence-electron chi connectivity index (χ0n) is 10.4. The summed E-state index contributed by atoms with van der Waals surface area (Å²) in [6.45, 7) is 1.00. The molecule has 6 heteroatoms. The number of ketones is 1. The van der Waals surface area contributed by atoms with Crippen molar-refractivity contribution in [2.45, 2.75) is 13.1 Å². The van der Waals surface area contributed by atoms with Gasteiger partial charge in [0.25, 0.3) is 0 Å². The van der Waals surface area contributed by atoms with Crippen LogP contribution in [0, 0.1) is 0 Å². The lowest BCUT2D eigenvalue weighted by molar-refractivity contribution is -0.141. The lowest BCUT2D eigenvalue weighted by Crippen LogP contribution is -2.10. The van der Waals surface area contributed by atoms with E-state index in [4.69, 9.17) is 4.42 Å². The summed E-state index contributed by atoms with van der Waals surface area (Å²) in [4.78, 5) is 14.5. The fraction of sp³-hybridized carbons (Fsp3) is 0.143. The zero-order valence-corrected chi connectivity index (χ0v) is 10.4. The fourth-order valence-corrected chi connectivity index (χ4v) is 1.57. The van der Waals surface area contributed by atoms with Crippen molar-refractivity contribution in [2.24, 2.45) is 0 Å². The molecule has 0 saturated carbocycles. The zero-order chi connectivity index (χ0) is 14.8. The molecule has 0 bridgehead atoms. The van der Waals surface area contributed by atoms with Crippen molar-refractivity contribution in [3.63, 3.8) is 0 Å². The number of hydrogen-bond acceptors (Lipinski definition) is 3. The first-order chi connectivity index (χ1) is 9.38. The molecule has 0 aliphatic rings. The Balaban J connectivity index is 2.35. The van der Waals surface area contributed by atoms with Crippen LogP contribution in [0.1, 0.15) is 34.6 Å². The third-order valence-corrected chi connectivity index (χ3v) is 2.45. The molecule has 0 aliphatic heterocycles. The molecule has 3 nitrogen and oxygen atoms in total. The van der Waals surface area contributed by atoms with Crippen molar-refractivity contribution in [1.82, 2.24) is 4.98 Å². The van der Waals surface area contributed by atoms with Crippen LogP contribution in [0.2, 0.25) is 0 Å². The summed E-state index contributed by atoms with van der Waals surface area (Å²) in [6, 6.07) is 8.94. The van der Waals surface area contributed by atoms with Crippen molar-refractivity contribution in [2.75, 3.05) is 0 Å². The van der Waals surface area contributed by atoms with Gasteiger partial charge in [-0.15, -0.1) is 0 Å². The van der Waals surface area contributed by atoms with Gasteiger partial charge in [-0.3, -0.25) is 4.79 Å². The number of hydrogen-bond donors (Lipinski definition) is 0. The van der Waals surface area contributed by atoms with E-state index in [0.29, 0.717) is 0 Å². The Hall–Kier alpha value is -2.37. The van der Waals surface area contributed by atoms with Crippen molar-refractivity contribution < 1.29 is 22.4 Å². The highest BCUT2D eigenvalue weighted by Gasteiger charge is 2.39. The van der Waals surface area contributed by atoms with E-state index < -0.39 is 23.4 Å². The van der Waals surface area contributed by atoms with Gasteiger partial charge in [-0.2, -0.15) is 13.2 Å². The van der Waals surface area contributed by atoms with Gasteiger partial charge in [0, 0.05) is 13.0 Å². The molecule has 1 heterocycles. The van der Waals surface area contributed by atoms with Crippen molar-refractivity contribution in [3.8, 4) is 0 Å². The van der Waals surface area contributed by atoms with Crippen LogP contribution in [0.5, 0.6) is 0 Å². The Morgan fingerprint density at radius 2 is 1.85 bits per heavy atom. The van der Waals surface area contributed by atoms with Crippen LogP contribution in [0.4, 0.5) is 13.2 Å². The largest absolute Gasteiger partial charge is 0.437 e. The summed E-state index contributed by atoms with van der Waals surface area (Å²) in [7, 11) is 0. The molecule has 2 rings (SSSR count). The van der Waals surface area contributed by atoms with Crippen LogP contribution in [-0.4, -0.2) is 10.8 Å². The third-order valence-electron chi connectivity index (χ3n) is 2.45. The van der Waals surface area contributed by atoms with Gasteiger partial charge in [0.15, 0.2) is 11.5 Å². The van der Waals surface area contributed by atoms with Gasteiger partial charge in [-0.25, -0.2) is 4.98 Å². The number of Topliss-reactive ketones (excluding diaryl/α,β-unsaturated/α-hetero) is 1. The van der Waals surface area contributed by atoms with Crippen LogP contribution >= 0.6 is 0 Å². The highest BCUT2D eigenvalue weighted by Crippen LogP contribution is 2.32. The molecule has 0 unspecified atom stereocenters. The molecule has 0 spiro atoms. The number of benzene rings is 1. The quantitative estimate of drug-likeness (QED) is 0.796. The van der Waals surface area contributed by atoms with Gasteiger partial charge >= 0.3 is 6.18 Å². The van der Waals surface area contributed by atoms with Crippen LogP contribution < -0.4 is 0 Å². The molecular weight excluding hydrogens is 271 g/mol. The minimum Gasteiger partial charge on any atom is -0.433 e. The molecule has 0 fully saturated rings. The topological polar surface area (TPSA) is 43.1 Å². The summed E-state index contributed by atoms with van der Waals surface area (Å²) in [5.41, 5.74) is -0.513. The summed E-state index contributed by atoms with van der Waals surface area (Å²) in [5.74, 6) is -1.85. The second-order valence-corrected chi connectivity index (χ2v) is 4.03. The first-order valence-electron chi connectivity index (χ1n) is 5.70. The second kappa shape index (κ2) is 5.32. The fourth-order valence-electron chi connectivity index (χ4n) is 1.57. The first-order valence-corrected chi connectivity index (χ1v) is 5.70. The molecule has 104 valence electrons. The number of alkyl halides is 3. The lowest BCUT2D eigenvalue weighted by atomic mass is 10.2. The van der Waals surface area contributed by atoms with Crippen LogP contribution in [0.25, 0.3) is 12.2 Å². The van der Waals surface area contributed by atoms with E-state index in [0.717, 1.165) is 12.5 Å². The predicted molar refractivity (Wildman–Crippen MR) is 66.9 cm³/mol. The number of halogens is 3. The highest BCUT2D eigenvalue weighted by atomic mass is 19.4. The lowest BCUT2D eigenvalue weighted by Gasteiger charge is -2.01. The third kappa shape index (κ3) is 3.14. The minimum absolute atomic E-state index is 0.258. The maximum absolute atomic E-state index is 12.7. The van der Waals surface area contributed by atoms with Gasteiger partial charge in [-0.1, -0.05) is 30.3 Å². The normalized spacial score (nSPS) is 12.0. The number of carbonyl (C=O) groups is 1. The maximum Gasteiger partial charge on any atom is 0.437 e. The predicted octanol–water partition coefficient (Wildman–Crippen LogP) is 4.07. The summed E-state index contributed by atoms with van der Waals surface area (Å²) in [5, 5.41) is 0. The Morgan fingerprint density at radius 3 is 2.35 bits per heavy atom. The van der Waals surface area contributed by atoms with Gasteiger partial charge in [-0.05, 0) is 11.6 Å². The molecular formula is C14H10F3NO2. The van der Waals surface area contributed by atoms with Crippen molar-refractivity contribution in [1.29, 1.82) is 0 Å². The number of aromatic nitrogens is 1. The number of oxazole rings is 1. The van der Waals surface area contributed by atoms with E-state index in [1.54, 1.807) is 30.3 Å². The average Bonchev–Trinajstić information content (AvgIpc) is 2.82. The minimum atomic E-state index is -4.72. The van der Waals surface area contributed by atoms with Crippen molar-refractivity contribution in [3.05, 3.63) is 53.2 Å². The summed E-state index contributed by atoms with van der Waals surface area (Å²) in [6.07, 6.45) is -1.88. The van der Waals surface area contributed by atoms with E-state index in [1.807, 2.05) is 6.07 Å². The van der Waals surface area contributed by atoms with Crippen LogP contribution in [-0.2, 0) is 6.18 Å². The van der Waals surface area contributed by atoms with E-state index in [-0.39, 0.29) is 5.89 Å². The Labute approximate surface area is 112 Å². The molecule has 0 amide bonds. The van der Waals surface area contributed by atoms with E-state index in [1.165, 1.54) is 6.08 Å². The van der Waals surface area contributed by atoms with E-state index >= 15 is 0 Å². The molecule has 0 aliphatic carbocycles. The van der Waals surface area contributed by atoms with Crippen LogP contribution in [0.15, 0.2) is 34.7 Å². The van der Waals surface area contributed by atoms with Gasteiger partial charge < -0.3 is 4.42 Å². The molecule has 1 aromatic carbocycles. The Kier molecular flexibility index (Phi) is 3.74. The standard InChI is InChI=1S/C14H10F3NO2/c1-9(19)12-13(14(15,16)17)18-11(20-12)8-7-10-5-3-2-4-6-10/h2-8H,1H3. The average molecular weight is 281 g/mol. The summed E-state index contributed by atoms with van der Waals surface area (Å²) < 4.78 is 42.9. The first kappa shape index (κ1) is 14.0. The maximum atomic E-state index is 12.7. The van der Waals surface area contributed by atoms with Gasteiger partial charge in [0.1, 0.15) is 0 Å². The van der Waals surface area contributed by atoms with Crippen LogP contribution in [0.3, 0.4) is 0 Å². The van der Waals surface area contributed by atoms with Gasteiger partial charge in [0.05, 0.1) is 0 Å². The molecule has 0 radical (unpaired) electrons. The molecule has 2 aromatic rings. The van der Waals surface area contributed by atoms with E-state index in [2.05, 4.69) is 4.98 Å². The molecule has 0 saturated heterocycles. The summed E-state index contributed by atoms with van der Waals surface area (Å²) >= 11 is 0. The second-order valence-electron chi connectivity index (χ2n) is 4.03. The monoisotopic (exact) mass is 281 g/mol. The Bertz CT molecular complexity index is 642. The number of nitrogens with zero attached hydrogens (tertiary/aromatic N) is 1. The number of carbonyl (C=O) groups excluding carboxylic acids is 1. The highest BCUT2D eigenvalue weighted by molar-refractivity contribution is 5.92. The molecule has 1 aromatic heterocycles. The SMILES string of the molecule is CC(=O)c1oc(C=Cc2ccccc2)nc1C(F)(F)F. The van der Waals surface area contributed by atoms with Crippen molar-refractivity contribution >= 4 is 17.9 Å². The molecule has 0 N–H and O–H groups in total. The number of rotatable bonds is 3. The molecule has 20 heavy (non-hydrogen) atoms. The smallest absolute Gasteiger partial charge is 0.433 e.